The molecule has 0 unspecified atom stereocenters. The molecular formula is C41H41N3O11S3. The van der Waals surface area contributed by atoms with Gasteiger partial charge in [0.15, 0.2) is 0 Å². The van der Waals surface area contributed by atoms with Crippen molar-refractivity contribution in [2.45, 2.75) is 77.0 Å². The van der Waals surface area contributed by atoms with E-state index in [0.29, 0.717) is 39.1 Å². The summed E-state index contributed by atoms with van der Waals surface area (Å²) in [6.07, 6.45) is 0. The first kappa shape index (κ1) is 42.2. The molecule has 1 amide bonds. The van der Waals surface area contributed by atoms with E-state index in [-0.39, 0.29) is 56.1 Å². The van der Waals surface area contributed by atoms with Crippen LogP contribution in [0.15, 0.2) is 78.7 Å². The molecule has 0 atom stereocenters. The number of fused-ring (bicyclic) bond motifs is 2. The van der Waals surface area contributed by atoms with E-state index in [9.17, 15) is 43.7 Å². The first-order valence-electron chi connectivity index (χ1n) is 17.7. The van der Waals surface area contributed by atoms with Crippen molar-refractivity contribution in [1.29, 1.82) is 0 Å². The molecule has 0 radical (unpaired) electrons. The first-order chi connectivity index (χ1) is 26.8. The van der Waals surface area contributed by atoms with Crippen molar-refractivity contribution < 1.29 is 48.1 Å². The number of carbonyl (C=O) groups excluding carboxylic acids is 1. The van der Waals surface area contributed by atoms with Crippen molar-refractivity contribution in [3.05, 3.63) is 104 Å². The third-order valence-electron chi connectivity index (χ3n) is 10.3. The van der Waals surface area contributed by atoms with Gasteiger partial charge in [0.05, 0.1) is 11.0 Å². The molecule has 1 aliphatic heterocycles. The summed E-state index contributed by atoms with van der Waals surface area (Å²) in [6, 6.07) is 13.5. The van der Waals surface area contributed by atoms with Crippen LogP contribution in [0.3, 0.4) is 0 Å². The quantitative estimate of drug-likeness (QED) is 0.0719. The van der Waals surface area contributed by atoms with Gasteiger partial charge in [0.2, 0.25) is 5.91 Å². The molecule has 14 nitrogen and oxygen atoms in total. The Balaban J connectivity index is 1.75. The molecule has 2 aliphatic rings. The largest absolute Gasteiger partial charge is 0.456 e. The van der Waals surface area contributed by atoms with Gasteiger partial charge in [0.1, 0.15) is 26.0 Å². The van der Waals surface area contributed by atoms with Crippen molar-refractivity contribution in [3.63, 3.8) is 0 Å². The Kier molecular flexibility index (Phi) is 10.7. The van der Waals surface area contributed by atoms with Gasteiger partial charge in [-0.25, -0.2) is 4.99 Å². The summed E-state index contributed by atoms with van der Waals surface area (Å²) in [7, 11) is -14.7. The lowest BCUT2D eigenvalue weighted by atomic mass is 9.93. The SMILES string of the molecule is CC(=O)Nc1c(C)cc(C)c(Nc2ccc3c(-c4ccc(C)cc4S(=O)(=O)O)c4cc(S(=O)(=O)O)/c(=N/c5c(C)c(C)c(C)c(S(=O)(=O)O)c5C)cc-4oc3c2)c1C. The molecule has 5 N–H and O–H groups in total. The Morgan fingerprint density at radius 3 is 1.88 bits per heavy atom. The maximum absolute atomic E-state index is 13.1. The minimum atomic E-state index is -5.10. The van der Waals surface area contributed by atoms with Crippen LogP contribution in [0.4, 0.5) is 22.7 Å². The summed E-state index contributed by atoms with van der Waals surface area (Å²) in [5.41, 5.74) is 6.42. The van der Waals surface area contributed by atoms with Gasteiger partial charge in [0, 0.05) is 58.2 Å². The monoisotopic (exact) mass is 847 g/mol. The molecule has 1 aliphatic carbocycles. The molecule has 0 saturated carbocycles. The van der Waals surface area contributed by atoms with Gasteiger partial charge in [-0.15, -0.1) is 0 Å². The van der Waals surface area contributed by atoms with Gasteiger partial charge < -0.3 is 15.1 Å². The van der Waals surface area contributed by atoms with Gasteiger partial charge >= 0.3 is 0 Å². The van der Waals surface area contributed by atoms with Crippen molar-refractivity contribution in [2.75, 3.05) is 10.6 Å². The normalized spacial score (nSPS) is 12.7. The molecule has 0 spiro atoms. The van der Waals surface area contributed by atoms with E-state index in [0.717, 1.165) is 22.8 Å². The smallest absolute Gasteiger partial charge is 0.296 e. The van der Waals surface area contributed by atoms with Crippen molar-refractivity contribution in [1.82, 2.24) is 0 Å². The average molecular weight is 848 g/mol. The molecule has 58 heavy (non-hydrogen) atoms. The van der Waals surface area contributed by atoms with Crippen LogP contribution < -0.4 is 16.0 Å². The van der Waals surface area contributed by atoms with Gasteiger partial charge in [-0.2, -0.15) is 25.3 Å². The molecule has 6 rings (SSSR count). The van der Waals surface area contributed by atoms with Gasteiger partial charge in [-0.1, -0.05) is 18.2 Å². The van der Waals surface area contributed by atoms with Crippen molar-refractivity contribution in [3.8, 4) is 22.5 Å². The summed E-state index contributed by atoms with van der Waals surface area (Å²) in [4.78, 5) is 15.0. The van der Waals surface area contributed by atoms with Gasteiger partial charge in [0.25, 0.3) is 30.4 Å². The van der Waals surface area contributed by atoms with E-state index in [1.165, 1.54) is 39.0 Å². The molecule has 4 aromatic carbocycles. The number of amides is 1. The fraction of sp³-hybridized carbons (Fsp3) is 0.220. The molecule has 1 heterocycles. The van der Waals surface area contributed by atoms with Crippen LogP contribution in [0.25, 0.3) is 33.4 Å². The second-order valence-electron chi connectivity index (χ2n) is 14.4. The fourth-order valence-corrected chi connectivity index (χ4v) is 9.92. The number of rotatable bonds is 8. The highest BCUT2D eigenvalue weighted by atomic mass is 32.2. The highest BCUT2D eigenvalue weighted by Gasteiger charge is 2.28. The first-order valence-corrected chi connectivity index (χ1v) is 22.0. The highest BCUT2D eigenvalue weighted by molar-refractivity contribution is 7.86. The Hall–Kier alpha value is -5.43. The zero-order valence-corrected chi connectivity index (χ0v) is 35.4. The highest BCUT2D eigenvalue weighted by Crippen LogP contribution is 2.45. The number of hydrogen-bond acceptors (Lipinski definition) is 10. The maximum Gasteiger partial charge on any atom is 0.296 e. The fourth-order valence-electron chi connectivity index (χ4n) is 7.48. The minimum Gasteiger partial charge on any atom is -0.456 e. The van der Waals surface area contributed by atoms with E-state index in [1.807, 2.05) is 26.8 Å². The summed E-state index contributed by atoms with van der Waals surface area (Å²) in [5.74, 6) is -0.271. The summed E-state index contributed by atoms with van der Waals surface area (Å²) in [6.45, 7) is 14.9. The van der Waals surface area contributed by atoms with Crippen LogP contribution >= 0.6 is 0 Å². The second kappa shape index (κ2) is 14.7. The third kappa shape index (κ3) is 7.76. The van der Waals surface area contributed by atoms with Crippen molar-refractivity contribution >= 4 is 70.0 Å². The number of benzene rings is 5. The van der Waals surface area contributed by atoms with Gasteiger partial charge in [-0.05, 0) is 124 Å². The molecule has 0 bridgehead atoms. The lowest BCUT2D eigenvalue weighted by Gasteiger charge is -2.21. The van der Waals surface area contributed by atoms with E-state index < -0.39 is 45.0 Å². The van der Waals surface area contributed by atoms with E-state index in [2.05, 4.69) is 15.6 Å². The molecule has 17 heteroatoms. The second-order valence-corrected chi connectivity index (χ2v) is 18.5. The molecule has 0 fully saturated rings. The van der Waals surface area contributed by atoms with Crippen LogP contribution in [-0.4, -0.2) is 44.8 Å². The Morgan fingerprint density at radius 2 is 1.28 bits per heavy atom. The predicted molar refractivity (Wildman–Crippen MR) is 221 cm³/mol. The van der Waals surface area contributed by atoms with Crippen LogP contribution in [0.5, 0.6) is 0 Å². The minimum absolute atomic E-state index is 0.00518. The summed E-state index contributed by atoms with van der Waals surface area (Å²) in [5, 5.41) is 6.20. The summed E-state index contributed by atoms with van der Waals surface area (Å²) >= 11 is 0. The standard InChI is InChI=1S/C41H41N3O11S3/c1-19-10-12-30(35(14-19)56(46,47)48)37-29-13-11-28(43-39-21(3)15-20(2)38(25(39)7)42-27(9)45)16-33(29)55-34-18-32(36(17-31(34)37)57(49,50)51)44-40-23(5)22(4)24(6)41(26(40)8)58(52,53)54/h10-18,43H,1-9H3,(H,42,45)(H,46,47,48)(H,49,50,51)(H,52,53,54)/b44-32+. The number of nitrogens with one attached hydrogen (secondary N) is 2. The zero-order chi connectivity index (χ0) is 43.0. The molecular weight excluding hydrogens is 807 g/mol. The van der Waals surface area contributed by atoms with Crippen LogP contribution in [-0.2, 0) is 35.1 Å². The van der Waals surface area contributed by atoms with E-state index in [4.69, 9.17) is 4.42 Å². The lowest BCUT2D eigenvalue weighted by molar-refractivity contribution is -0.114. The van der Waals surface area contributed by atoms with Gasteiger partial charge in [-0.3, -0.25) is 18.5 Å². The molecule has 304 valence electrons. The number of nitrogens with zero attached hydrogens (tertiary/aromatic N) is 1. The molecule has 4 aromatic rings. The molecule has 0 saturated heterocycles. The third-order valence-corrected chi connectivity index (χ3v) is 13.2. The van der Waals surface area contributed by atoms with Crippen molar-refractivity contribution in [2.24, 2.45) is 4.99 Å². The van der Waals surface area contributed by atoms with E-state index in [1.54, 1.807) is 45.0 Å². The Morgan fingerprint density at radius 1 is 0.638 bits per heavy atom. The number of carbonyl (C=O) groups is 1. The number of hydrogen-bond donors (Lipinski definition) is 5. The van der Waals surface area contributed by atoms with Crippen LogP contribution in [0.2, 0.25) is 0 Å². The average Bonchev–Trinajstić information content (AvgIpc) is 3.10. The van der Waals surface area contributed by atoms with Crippen LogP contribution in [0, 0.1) is 55.4 Å². The Labute approximate surface area is 336 Å². The topological polar surface area (TPSA) is 230 Å². The predicted octanol–water partition coefficient (Wildman–Crippen LogP) is 8.35. The number of aryl methyl sites for hydroxylation is 3. The van der Waals surface area contributed by atoms with Crippen LogP contribution in [0.1, 0.15) is 51.4 Å². The van der Waals surface area contributed by atoms with E-state index >= 15 is 0 Å². The lowest BCUT2D eigenvalue weighted by Crippen LogP contribution is -2.17. The maximum atomic E-state index is 13.1. The Bertz CT molecular complexity index is 3150. The molecule has 0 aromatic heterocycles. The summed E-state index contributed by atoms with van der Waals surface area (Å²) < 4.78 is 115. The zero-order valence-electron chi connectivity index (χ0n) is 33.0. The number of anilines is 3.